The molecular formula is C15H22BrNO. The molecule has 0 aromatic heterocycles. The molecule has 1 saturated heterocycles. The summed E-state index contributed by atoms with van der Waals surface area (Å²) >= 11 is 3.63. The van der Waals surface area contributed by atoms with Gasteiger partial charge in [-0.05, 0) is 49.4 Å². The summed E-state index contributed by atoms with van der Waals surface area (Å²) in [6, 6.07) is 2.06. The third-order valence-electron chi connectivity index (χ3n) is 3.90. The van der Waals surface area contributed by atoms with Crippen molar-refractivity contribution in [1.29, 1.82) is 0 Å². The number of benzene rings is 1. The number of phenols is 1. The second-order valence-electron chi connectivity index (χ2n) is 5.53. The number of piperidine rings is 1. The summed E-state index contributed by atoms with van der Waals surface area (Å²) in [5.74, 6) is 1.30. The highest BCUT2D eigenvalue weighted by molar-refractivity contribution is 9.10. The molecule has 2 N–H and O–H groups in total. The van der Waals surface area contributed by atoms with E-state index in [-0.39, 0.29) is 0 Å². The normalized spacial score (nSPS) is 20.4. The maximum absolute atomic E-state index is 10.6. The van der Waals surface area contributed by atoms with E-state index in [9.17, 15) is 5.11 Å². The van der Waals surface area contributed by atoms with E-state index in [1.54, 1.807) is 0 Å². The highest BCUT2D eigenvalue weighted by atomic mass is 79.9. The zero-order chi connectivity index (χ0) is 13.3. The van der Waals surface area contributed by atoms with Gasteiger partial charge in [0.25, 0.3) is 0 Å². The molecule has 0 saturated carbocycles. The van der Waals surface area contributed by atoms with Gasteiger partial charge in [0.05, 0.1) is 0 Å². The van der Waals surface area contributed by atoms with Crippen LogP contribution in [-0.2, 0) is 0 Å². The van der Waals surface area contributed by atoms with Gasteiger partial charge in [-0.2, -0.15) is 0 Å². The molecule has 2 nitrogen and oxygen atoms in total. The lowest BCUT2D eigenvalue weighted by Gasteiger charge is -2.27. The van der Waals surface area contributed by atoms with E-state index in [0.717, 1.165) is 35.1 Å². The van der Waals surface area contributed by atoms with Gasteiger partial charge in [0, 0.05) is 22.5 Å². The molecule has 1 aromatic rings. The molecule has 18 heavy (non-hydrogen) atoms. The van der Waals surface area contributed by atoms with Gasteiger partial charge in [0.1, 0.15) is 5.75 Å². The molecule has 0 aliphatic carbocycles. The van der Waals surface area contributed by atoms with Gasteiger partial charge in [-0.1, -0.05) is 29.8 Å². The average molecular weight is 312 g/mol. The summed E-state index contributed by atoms with van der Waals surface area (Å²) in [6.07, 6.45) is 2.35. The number of rotatable bonds is 2. The molecule has 0 radical (unpaired) electrons. The lowest BCUT2D eigenvalue weighted by molar-refractivity contribution is 0.418. The molecule has 0 spiro atoms. The lowest BCUT2D eigenvalue weighted by atomic mass is 9.85. The fourth-order valence-electron chi connectivity index (χ4n) is 2.81. The molecule has 2 rings (SSSR count). The van der Waals surface area contributed by atoms with Gasteiger partial charge >= 0.3 is 0 Å². The van der Waals surface area contributed by atoms with Crippen LogP contribution in [0.5, 0.6) is 5.75 Å². The predicted octanol–water partition coefficient (Wildman–Crippen LogP) is 4.05. The van der Waals surface area contributed by atoms with Crippen LogP contribution in [0.2, 0.25) is 0 Å². The first-order chi connectivity index (χ1) is 8.52. The van der Waals surface area contributed by atoms with Gasteiger partial charge in [-0.15, -0.1) is 0 Å². The summed E-state index contributed by atoms with van der Waals surface area (Å²) in [5.41, 5.74) is 3.37. The van der Waals surface area contributed by atoms with Crippen LogP contribution in [0.15, 0.2) is 10.5 Å². The standard InChI is InChI=1S/C15H22BrNO/c1-9(2)12-7-13(16)10(3)14(15(12)18)11-5-4-6-17-8-11/h7,9,11,17-18H,4-6,8H2,1-3H3. The Labute approximate surface area is 118 Å². The summed E-state index contributed by atoms with van der Waals surface area (Å²) in [6.45, 7) is 8.42. The number of halogens is 1. The first-order valence-electron chi connectivity index (χ1n) is 6.75. The third kappa shape index (κ3) is 2.57. The lowest BCUT2D eigenvalue weighted by Crippen LogP contribution is -2.29. The van der Waals surface area contributed by atoms with Gasteiger partial charge < -0.3 is 10.4 Å². The Morgan fingerprint density at radius 3 is 2.72 bits per heavy atom. The maximum atomic E-state index is 10.6. The van der Waals surface area contributed by atoms with Crippen molar-refractivity contribution < 1.29 is 5.11 Å². The van der Waals surface area contributed by atoms with E-state index in [1.165, 1.54) is 12.0 Å². The van der Waals surface area contributed by atoms with Crippen molar-refractivity contribution in [1.82, 2.24) is 5.32 Å². The average Bonchev–Trinajstić information content (AvgIpc) is 2.35. The van der Waals surface area contributed by atoms with Crippen molar-refractivity contribution in [3.05, 3.63) is 27.2 Å². The third-order valence-corrected chi connectivity index (χ3v) is 4.72. The maximum Gasteiger partial charge on any atom is 0.122 e. The minimum absolute atomic E-state index is 0.345. The Bertz CT molecular complexity index is 437. The van der Waals surface area contributed by atoms with Crippen LogP contribution < -0.4 is 5.32 Å². The molecule has 1 atom stereocenters. The Morgan fingerprint density at radius 1 is 1.44 bits per heavy atom. The van der Waals surface area contributed by atoms with Gasteiger partial charge in [-0.25, -0.2) is 0 Å². The largest absolute Gasteiger partial charge is 0.507 e. The minimum atomic E-state index is 0.345. The molecule has 3 heteroatoms. The molecule has 1 aromatic carbocycles. The van der Waals surface area contributed by atoms with Crippen molar-refractivity contribution in [2.24, 2.45) is 0 Å². The Morgan fingerprint density at radius 2 is 2.17 bits per heavy atom. The van der Waals surface area contributed by atoms with Crippen LogP contribution in [0.4, 0.5) is 0 Å². The molecular weight excluding hydrogens is 290 g/mol. The second kappa shape index (κ2) is 5.62. The van der Waals surface area contributed by atoms with Crippen molar-refractivity contribution >= 4 is 15.9 Å². The summed E-state index contributed by atoms with van der Waals surface area (Å²) in [5, 5.41) is 14.0. The predicted molar refractivity (Wildman–Crippen MR) is 79.5 cm³/mol. The van der Waals surface area contributed by atoms with E-state index >= 15 is 0 Å². The fourth-order valence-corrected chi connectivity index (χ4v) is 3.27. The first kappa shape index (κ1) is 13.9. The molecule has 1 aliphatic heterocycles. The zero-order valence-corrected chi connectivity index (χ0v) is 13.0. The molecule has 1 unspecified atom stereocenters. The van der Waals surface area contributed by atoms with Gasteiger partial charge in [-0.3, -0.25) is 0 Å². The van der Waals surface area contributed by atoms with E-state index in [2.05, 4.69) is 48.1 Å². The van der Waals surface area contributed by atoms with Gasteiger partial charge in [0.2, 0.25) is 0 Å². The highest BCUT2D eigenvalue weighted by Gasteiger charge is 2.24. The van der Waals surface area contributed by atoms with Crippen LogP contribution in [0.1, 0.15) is 55.2 Å². The number of hydrogen-bond acceptors (Lipinski definition) is 2. The van der Waals surface area contributed by atoms with Crippen molar-refractivity contribution in [3.63, 3.8) is 0 Å². The van der Waals surface area contributed by atoms with E-state index < -0.39 is 0 Å². The number of nitrogens with one attached hydrogen (secondary N) is 1. The van der Waals surface area contributed by atoms with E-state index in [0.29, 0.717) is 17.6 Å². The summed E-state index contributed by atoms with van der Waals surface area (Å²) < 4.78 is 1.12. The topological polar surface area (TPSA) is 32.3 Å². The summed E-state index contributed by atoms with van der Waals surface area (Å²) in [7, 11) is 0. The highest BCUT2D eigenvalue weighted by Crippen LogP contribution is 2.41. The molecule has 1 fully saturated rings. The number of phenolic OH excluding ortho intramolecular Hbond substituents is 1. The molecule has 0 amide bonds. The SMILES string of the molecule is Cc1c(Br)cc(C(C)C)c(O)c1C1CCCNC1. The molecule has 100 valence electrons. The Hall–Kier alpha value is -0.540. The first-order valence-corrected chi connectivity index (χ1v) is 7.54. The minimum Gasteiger partial charge on any atom is -0.507 e. The van der Waals surface area contributed by atoms with Crippen LogP contribution in [0.3, 0.4) is 0 Å². The Balaban J connectivity index is 2.49. The summed E-state index contributed by atoms with van der Waals surface area (Å²) in [4.78, 5) is 0. The number of hydrogen-bond donors (Lipinski definition) is 2. The quantitative estimate of drug-likeness (QED) is 0.863. The van der Waals surface area contributed by atoms with E-state index in [4.69, 9.17) is 0 Å². The molecule has 1 heterocycles. The van der Waals surface area contributed by atoms with Crippen LogP contribution in [0.25, 0.3) is 0 Å². The molecule has 0 bridgehead atoms. The van der Waals surface area contributed by atoms with Crippen molar-refractivity contribution in [3.8, 4) is 5.75 Å². The van der Waals surface area contributed by atoms with Crippen LogP contribution in [0, 0.1) is 6.92 Å². The second-order valence-corrected chi connectivity index (χ2v) is 6.39. The smallest absolute Gasteiger partial charge is 0.122 e. The zero-order valence-electron chi connectivity index (χ0n) is 11.4. The number of aromatic hydroxyl groups is 1. The van der Waals surface area contributed by atoms with E-state index in [1.807, 2.05) is 0 Å². The van der Waals surface area contributed by atoms with Gasteiger partial charge in [0.15, 0.2) is 0 Å². The van der Waals surface area contributed by atoms with Crippen LogP contribution >= 0.6 is 15.9 Å². The fraction of sp³-hybridized carbons (Fsp3) is 0.600. The van der Waals surface area contributed by atoms with Crippen molar-refractivity contribution in [2.75, 3.05) is 13.1 Å². The monoisotopic (exact) mass is 311 g/mol. The Kier molecular flexibility index (Phi) is 4.33. The molecule has 1 aliphatic rings. The van der Waals surface area contributed by atoms with Crippen molar-refractivity contribution in [2.45, 2.75) is 45.4 Å². The van der Waals surface area contributed by atoms with Crippen LogP contribution in [-0.4, -0.2) is 18.2 Å².